The van der Waals surface area contributed by atoms with Gasteiger partial charge < -0.3 is 10.0 Å². The Morgan fingerprint density at radius 2 is 2.05 bits per heavy atom. The van der Waals surface area contributed by atoms with E-state index in [1.807, 2.05) is 12.1 Å². The predicted octanol–water partition coefficient (Wildman–Crippen LogP) is 2.24. The Kier molecular flexibility index (Phi) is 3.26. The summed E-state index contributed by atoms with van der Waals surface area (Å²) in [7, 11) is 0. The van der Waals surface area contributed by atoms with E-state index in [0.29, 0.717) is 12.8 Å². The fourth-order valence-corrected chi connectivity index (χ4v) is 2.84. The highest BCUT2D eigenvalue weighted by atomic mass is 16.4. The van der Waals surface area contributed by atoms with E-state index < -0.39 is 5.97 Å². The molecule has 1 aromatic carbocycles. The van der Waals surface area contributed by atoms with Crippen LogP contribution in [0.1, 0.15) is 18.4 Å². The summed E-state index contributed by atoms with van der Waals surface area (Å²) < 4.78 is 0. The second-order valence-corrected chi connectivity index (χ2v) is 5.27. The van der Waals surface area contributed by atoms with Crippen LogP contribution in [0.25, 0.3) is 10.9 Å². The van der Waals surface area contributed by atoms with Crippen molar-refractivity contribution in [3.8, 4) is 0 Å². The van der Waals surface area contributed by atoms with Crippen LogP contribution in [-0.2, 0) is 4.79 Å². The normalized spacial score (nSPS) is 16.6. The predicted molar refractivity (Wildman–Crippen MR) is 76.8 cm³/mol. The topological polar surface area (TPSA) is 66.3 Å². The Morgan fingerprint density at radius 3 is 2.75 bits per heavy atom. The first-order valence-corrected chi connectivity index (χ1v) is 6.85. The summed E-state index contributed by atoms with van der Waals surface area (Å²) in [5, 5.41) is 10.1. The number of anilines is 1. The smallest absolute Gasteiger partial charge is 0.306 e. The molecule has 0 unspecified atom stereocenters. The number of hydrogen-bond donors (Lipinski definition) is 1. The molecule has 0 bridgehead atoms. The molecule has 2 aromatic rings. The standard InChI is InChI=1S/C15H17N3O2/c1-10-3-2-4-12-13(10)14(17-9-16-12)18-7-5-11(6-8-18)15(19)20/h2-4,9,11H,5-8H2,1H3,(H,19,20). The maximum Gasteiger partial charge on any atom is 0.306 e. The summed E-state index contributed by atoms with van der Waals surface area (Å²) >= 11 is 0. The lowest BCUT2D eigenvalue weighted by Crippen LogP contribution is -2.37. The molecular formula is C15H17N3O2. The lowest BCUT2D eigenvalue weighted by atomic mass is 9.97. The Bertz CT molecular complexity index is 643. The van der Waals surface area contributed by atoms with Crippen LogP contribution in [0.15, 0.2) is 24.5 Å². The van der Waals surface area contributed by atoms with Crippen LogP contribution in [0.2, 0.25) is 0 Å². The van der Waals surface area contributed by atoms with Crippen molar-refractivity contribution in [1.29, 1.82) is 0 Å². The SMILES string of the molecule is Cc1cccc2ncnc(N3CCC(C(=O)O)CC3)c12. The Balaban J connectivity index is 1.94. The number of carboxylic acid groups (broad SMARTS) is 1. The maximum absolute atomic E-state index is 11.0. The number of hydrogen-bond acceptors (Lipinski definition) is 4. The van der Waals surface area contributed by atoms with Crippen molar-refractivity contribution in [2.45, 2.75) is 19.8 Å². The van der Waals surface area contributed by atoms with E-state index in [2.05, 4.69) is 27.9 Å². The lowest BCUT2D eigenvalue weighted by molar-refractivity contribution is -0.142. The first kappa shape index (κ1) is 12.8. The van der Waals surface area contributed by atoms with E-state index in [1.165, 1.54) is 0 Å². The third-order valence-corrected chi connectivity index (χ3v) is 3.99. The molecule has 5 heteroatoms. The fourth-order valence-electron chi connectivity index (χ4n) is 2.84. The summed E-state index contributed by atoms with van der Waals surface area (Å²) in [6.45, 7) is 3.52. The van der Waals surface area contributed by atoms with Crippen molar-refractivity contribution >= 4 is 22.7 Å². The minimum Gasteiger partial charge on any atom is -0.481 e. The van der Waals surface area contributed by atoms with Gasteiger partial charge in [-0.3, -0.25) is 4.79 Å². The van der Waals surface area contributed by atoms with Crippen molar-refractivity contribution in [3.05, 3.63) is 30.1 Å². The van der Waals surface area contributed by atoms with Crippen molar-refractivity contribution in [2.75, 3.05) is 18.0 Å². The molecule has 5 nitrogen and oxygen atoms in total. The largest absolute Gasteiger partial charge is 0.481 e. The van der Waals surface area contributed by atoms with E-state index in [1.54, 1.807) is 6.33 Å². The molecule has 20 heavy (non-hydrogen) atoms. The van der Waals surface area contributed by atoms with Crippen LogP contribution < -0.4 is 4.90 Å². The second-order valence-electron chi connectivity index (χ2n) is 5.27. The van der Waals surface area contributed by atoms with Crippen LogP contribution >= 0.6 is 0 Å². The highest BCUT2D eigenvalue weighted by Crippen LogP contribution is 2.29. The fraction of sp³-hybridized carbons (Fsp3) is 0.400. The number of aromatic nitrogens is 2. The maximum atomic E-state index is 11.0. The highest BCUT2D eigenvalue weighted by molar-refractivity contribution is 5.92. The molecule has 1 aliphatic heterocycles. The first-order chi connectivity index (χ1) is 9.66. The lowest BCUT2D eigenvalue weighted by Gasteiger charge is -2.31. The van der Waals surface area contributed by atoms with Crippen molar-refractivity contribution < 1.29 is 9.90 Å². The average Bonchev–Trinajstić information content (AvgIpc) is 2.47. The van der Waals surface area contributed by atoms with Gasteiger partial charge in [-0.25, -0.2) is 9.97 Å². The van der Waals surface area contributed by atoms with Crippen LogP contribution in [0.5, 0.6) is 0 Å². The van der Waals surface area contributed by atoms with E-state index in [-0.39, 0.29) is 5.92 Å². The summed E-state index contributed by atoms with van der Waals surface area (Å²) in [6, 6.07) is 6.03. The zero-order valence-corrected chi connectivity index (χ0v) is 11.4. The zero-order valence-electron chi connectivity index (χ0n) is 11.4. The first-order valence-electron chi connectivity index (χ1n) is 6.85. The van der Waals surface area contributed by atoms with Gasteiger partial charge in [-0.15, -0.1) is 0 Å². The van der Waals surface area contributed by atoms with Gasteiger partial charge in [0.2, 0.25) is 0 Å². The average molecular weight is 271 g/mol. The van der Waals surface area contributed by atoms with Crippen LogP contribution in [0.4, 0.5) is 5.82 Å². The van der Waals surface area contributed by atoms with Gasteiger partial charge in [-0.2, -0.15) is 0 Å². The van der Waals surface area contributed by atoms with Gasteiger partial charge in [0, 0.05) is 18.5 Å². The number of piperidine rings is 1. The number of aliphatic carboxylic acids is 1. The van der Waals surface area contributed by atoms with Gasteiger partial charge in [0.25, 0.3) is 0 Å². The molecule has 0 radical (unpaired) electrons. The van der Waals surface area contributed by atoms with E-state index in [9.17, 15) is 4.79 Å². The van der Waals surface area contributed by atoms with Gasteiger partial charge >= 0.3 is 5.97 Å². The number of carbonyl (C=O) groups is 1. The Morgan fingerprint density at radius 1 is 1.30 bits per heavy atom. The second kappa shape index (κ2) is 5.07. The van der Waals surface area contributed by atoms with E-state index in [4.69, 9.17) is 5.11 Å². The molecular weight excluding hydrogens is 254 g/mol. The highest BCUT2D eigenvalue weighted by Gasteiger charge is 2.26. The third kappa shape index (κ3) is 2.19. The van der Waals surface area contributed by atoms with Gasteiger partial charge in [-0.05, 0) is 31.4 Å². The van der Waals surface area contributed by atoms with Gasteiger partial charge in [-0.1, -0.05) is 12.1 Å². The molecule has 0 amide bonds. The molecule has 0 spiro atoms. The van der Waals surface area contributed by atoms with Crippen molar-refractivity contribution in [2.24, 2.45) is 5.92 Å². The Labute approximate surface area is 117 Å². The molecule has 1 fully saturated rings. The summed E-state index contributed by atoms with van der Waals surface area (Å²) in [5.74, 6) is 0.0192. The van der Waals surface area contributed by atoms with E-state index in [0.717, 1.165) is 35.4 Å². The molecule has 2 heterocycles. The minimum absolute atomic E-state index is 0.222. The molecule has 0 atom stereocenters. The number of nitrogens with zero attached hydrogens (tertiary/aromatic N) is 3. The molecule has 3 rings (SSSR count). The van der Waals surface area contributed by atoms with Crippen LogP contribution in [-0.4, -0.2) is 34.1 Å². The van der Waals surface area contributed by atoms with E-state index >= 15 is 0 Å². The number of fused-ring (bicyclic) bond motifs is 1. The summed E-state index contributed by atoms with van der Waals surface area (Å²) in [5.41, 5.74) is 2.09. The van der Waals surface area contributed by atoms with Crippen molar-refractivity contribution in [3.63, 3.8) is 0 Å². The summed E-state index contributed by atoms with van der Waals surface area (Å²) in [6.07, 6.45) is 2.93. The number of benzene rings is 1. The molecule has 0 aliphatic carbocycles. The molecule has 104 valence electrons. The summed E-state index contributed by atoms with van der Waals surface area (Å²) in [4.78, 5) is 21.9. The van der Waals surface area contributed by atoms with Gasteiger partial charge in [0.1, 0.15) is 12.1 Å². The molecule has 1 saturated heterocycles. The van der Waals surface area contributed by atoms with Crippen molar-refractivity contribution in [1.82, 2.24) is 9.97 Å². The Hall–Kier alpha value is -2.17. The molecule has 1 aliphatic rings. The molecule has 1 N–H and O–H groups in total. The third-order valence-electron chi connectivity index (χ3n) is 3.99. The number of aryl methyl sites for hydroxylation is 1. The molecule has 0 saturated carbocycles. The van der Waals surface area contributed by atoms with Crippen LogP contribution in [0.3, 0.4) is 0 Å². The quantitative estimate of drug-likeness (QED) is 0.907. The van der Waals surface area contributed by atoms with Crippen LogP contribution in [0, 0.1) is 12.8 Å². The van der Waals surface area contributed by atoms with Gasteiger partial charge in [0.15, 0.2) is 0 Å². The monoisotopic (exact) mass is 271 g/mol. The minimum atomic E-state index is -0.687. The number of rotatable bonds is 2. The number of carboxylic acids is 1. The zero-order chi connectivity index (χ0) is 14.1. The van der Waals surface area contributed by atoms with Gasteiger partial charge in [0.05, 0.1) is 11.4 Å². The molecule has 1 aromatic heterocycles.